The second kappa shape index (κ2) is 5.64. The SMILES string of the molecule is CCN(CC(=O)N(C)C)CC1(CCN)CC1. The summed E-state index contributed by atoms with van der Waals surface area (Å²) < 4.78 is 0. The van der Waals surface area contributed by atoms with Gasteiger partial charge < -0.3 is 10.6 Å². The van der Waals surface area contributed by atoms with Gasteiger partial charge in [0.15, 0.2) is 0 Å². The van der Waals surface area contributed by atoms with E-state index in [4.69, 9.17) is 5.73 Å². The smallest absolute Gasteiger partial charge is 0.236 e. The van der Waals surface area contributed by atoms with Gasteiger partial charge in [0.1, 0.15) is 0 Å². The fourth-order valence-corrected chi connectivity index (χ4v) is 2.06. The highest BCUT2D eigenvalue weighted by molar-refractivity contribution is 5.77. The molecule has 16 heavy (non-hydrogen) atoms. The summed E-state index contributed by atoms with van der Waals surface area (Å²) in [5.74, 6) is 0.186. The first kappa shape index (κ1) is 13.5. The van der Waals surface area contributed by atoms with Gasteiger partial charge in [-0.2, -0.15) is 0 Å². The van der Waals surface area contributed by atoms with Crippen molar-refractivity contribution in [2.75, 3.05) is 40.3 Å². The van der Waals surface area contributed by atoms with E-state index in [0.717, 1.165) is 26.1 Å². The number of hydrogen-bond acceptors (Lipinski definition) is 3. The minimum atomic E-state index is 0.186. The molecule has 0 bridgehead atoms. The van der Waals surface area contributed by atoms with Crippen molar-refractivity contribution in [2.24, 2.45) is 11.1 Å². The third-order valence-corrected chi connectivity index (χ3v) is 3.50. The molecule has 1 amide bonds. The Morgan fingerprint density at radius 2 is 2.00 bits per heavy atom. The molecule has 0 aromatic rings. The molecule has 94 valence electrons. The van der Waals surface area contributed by atoms with E-state index in [-0.39, 0.29) is 5.91 Å². The lowest BCUT2D eigenvalue weighted by molar-refractivity contribution is -0.130. The van der Waals surface area contributed by atoms with Crippen molar-refractivity contribution in [3.63, 3.8) is 0 Å². The van der Waals surface area contributed by atoms with Gasteiger partial charge in [0.2, 0.25) is 5.91 Å². The average molecular weight is 227 g/mol. The molecule has 0 aliphatic heterocycles. The maximum Gasteiger partial charge on any atom is 0.236 e. The van der Waals surface area contributed by atoms with Gasteiger partial charge >= 0.3 is 0 Å². The lowest BCUT2D eigenvalue weighted by atomic mass is 10.0. The summed E-state index contributed by atoms with van der Waals surface area (Å²) in [6, 6.07) is 0. The van der Waals surface area contributed by atoms with Crippen LogP contribution in [0.15, 0.2) is 0 Å². The molecule has 0 unspecified atom stereocenters. The monoisotopic (exact) mass is 227 g/mol. The summed E-state index contributed by atoms with van der Waals surface area (Å²) in [5.41, 5.74) is 6.06. The summed E-state index contributed by atoms with van der Waals surface area (Å²) >= 11 is 0. The van der Waals surface area contributed by atoms with Gasteiger partial charge in [0.05, 0.1) is 6.54 Å². The lowest BCUT2D eigenvalue weighted by Gasteiger charge is -2.26. The van der Waals surface area contributed by atoms with Crippen molar-refractivity contribution in [2.45, 2.75) is 26.2 Å². The lowest BCUT2D eigenvalue weighted by Crippen LogP contribution is -2.39. The van der Waals surface area contributed by atoms with Crippen molar-refractivity contribution in [3.8, 4) is 0 Å². The number of hydrogen-bond donors (Lipinski definition) is 1. The third kappa shape index (κ3) is 3.76. The van der Waals surface area contributed by atoms with Crippen molar-refractivity contribution in [1.82, 2.24) is 9.80 Å². The minimum Gasteiger partial charge on any atom is -0.348 e. The van der Waals surface area contributed by atoms with Crippen molar-refractivity contribution in [3.05, 3.63) is 0 Å². The van der Waals surface area contributed by atoms with Crippen LogP contribution in [0.2, 0.25) is 0 Å². The molecule has 0 heterocycles. The van der Waals surface area contributed by atoms with Crippen LogP contribution in [-0.2, 0) is 4.79 Å². The zero-order valence-electron chi connectivity index (χ0n) is 10.8. The topological polar surface area (TPSA) is 49.6 Å². The first-order chi connectivity index (χ1) is 7.53. The first-order valence-electron chi connectivity index (χ1n) is 6.15. The van der Waals surface area contributed by atoms with E-state index in [0.29, 0.717) is 12.0 Å². The van der Waals surface area contributed by atoms with Gasteiger partial charge in [-0.05, 0) is 37.8 Å². The van der Waals surface area contributed by atoms with Gasteiger partial charge in [-0.15, -0.1) is 0 Å². The normalized spacial score (nSPS) is 17.6. The molecule has 4 heteroatoms. The number of amides is 1. The molecule has 1 saturated carbocycles. The van der Waals surface area contributed by atoms with Crippen LogP contribution in [0.5, 0.6) is 0 Å². The molecule has 4 nitrogen and oxygen atoms in total. The molecule has 0 aromatic carbocycles. The standard InChI is InChI=1S/C12H25N3O/c1-4-15(9-11(16)14(2)3)10-12(5-6-12)7-8-13/h4-10,13H2,1-3H3. The fraction of sp³-hybridized carbons (Fsp3) is 0.917. The van der Waals surface area contributed by atoms with E-state index >= 15 is 0 Å². The fourth-order valence-electron chi connectivity index (χ4n) is 2.06. The average Bonchev–Trinajstić information content (AvgIpc) is 2.97. The maximum atomic E-state index is 11.6. The highest BCUT2D eigenvalue weighted by atomic mass is 16.2. The highest BCUT2D eigenvalue weighted by Gasteiger charge is 2.42. The van der Waals surface area contributed by atoms with E-state index in [1.807, 2.05) is 14.1 Å². The molecule has 2 N–H and O–H groups in total. The van der Waals surface area contributed by atoms with E-state index in [2.05, 4.69) is 11.8 Å². The second-order valence-corrected chi connectivity index (χ2v) is 5.13. The Labute approximate surface area is 98.8 Å². The van der Waals surface area contributed by atoms with Gasteiger partial charge in [-0.25, -0.2) is 0 Å². The maximum absolute atomic E-state index is 11.6. The predicted octanol–water partition coefficient (Wildman–Crippen LogP) is 0.526. The molecule has 0 radical (unpaired) electrons. The summed E-state index contributed by atoms with van der Waals surface area (Å²) in [6.45, 7) is 5.38. The molecule has 1 rings (SSSR count). The Morgan fingerprint density at radius 3 is 2.38 bits per heavy atom. The zero-order valence-corrected chi connectivity index (χ0v) is 10.8. The number of nitrogens with zero attached hydrogens (tertiary/aromatic N) is 2. The Kier molecular flexibility index (Phi) is 4.74. The minimum absolute atomic E-state index is 0.186. The Morgan fingerprint density at radius 1 is 1.38 bits per heavy atom. The summed E-state index contributed by atoms with van der Waals surface area (Å²) in [5, 5.41) is 0. The van der Waals surface area contributed by atoms with Gasteiger partial charge in [0, 0.05) is 20.6 Å². The molecular formula is C12H25N3O. The van der Waals surface area contributed by atoms with Gasteiger partial charge in [-0.3, -0.25) is 9.69 Å². The zero-order chi connectivity index (χ0) is 12.2. The molecule has 1 aliphatic rings. The van der Waals surface area contributed by atoms with Crippen LogP contribution in [0.1, 0.15) is 26.2 Å². The number of carbonyl (C=O) groups is 1. The van der Waals surface area contributed by atoms with Gasteiger partial charge in [0.25, 0.3) is 0 Å². The van der Waals surface area contributed by atoms with Crippen LogP contribution in [0, 0.1) is 5.41 Å². The Balaban J connectivity index is 2.40. The van der Waals surface area contributed by atoms with Crippen LogP contribution < -0.4 is 5.73 Å². The number of carbonyl (C=O) groups excluding carboxylic acids is 1. The highest BCUT2D eigenvalue weighted by Crippen LogP contribution is 2.48. The van der Waals surface area contributed by atoms with E-state index in [1.165, 1.54) is 12.8 Å². The Hall–Kier alpha value is -0.610. The van der Waals surface area contributed by atoms with Crippen LogP contribution in [0.4, 0.5) is 0 Å². The molecule has 1 fully saturated rings. The molecule has 0 aromatic heterocycles. The van der Waals surface area contributed by atoms with Crippen molar-refractivity contribution in [1.29, 1.82) is 0 Å². The summed E-state index contributed by atoms with van der Waals surface area (Å²) in [4.78, 5) is 15.5. The van der Waals surface area contributed by atoms with E-state index in [1.54, 1.807) is 4.90 Å². The first-order valence-corrected chi connectivity index (χ1v) is 6.15. The van der Waals surface area contributed by atoms with Gasteiger partial charge in [-0.1, -0.05) is 6.92 Å². The van der Waals surface area contributed by atoms with Crippen LogP contribution in [0.3, 0.4) is 0 Å². The number of rotatable bonds is 7. The summed E-state index contributed by atoms with van der Waals surface area (Å²) in [7, 11) is 3.62. The predicted molar refractivity (Wildman–Crippen MR) is 66.1 cm³/mol. The third-order valence-electron chi connectivity index (χ3n) is 3.50. The molecule has 0 spiro atoms. The van der Waals surface area contributed by atoms with Crippen molar-refractivity contribution >= 4 is 5.91 Å². The largest absolute Gasteiger partial charge is 0.348 e. The number of nitrogens with two attached hydrogens (primary N) is 1. The van der Waals surface area contributed by atoms with Crippen LogP contribution >= 0.6 is 0 Å². The van der Waals surface area contributed by atoms with E-state index in [9.17, 15) is 4.79 Å². The second-order valence-electron chi connectivity index (χ2n) is 5.13. The number of likely N-dealkylation sites (N-methyl/N-ethyl adjacent to an activating group) is 2. The Bertz CT molecular complexity index is 236. The molecular weight excluding hydrogens is 202 g/mol. The summed E-state index contributed by atoms with van der Waals surface area (Å²) in [6.07, 6.45) is 3.65. The van der Waals surface area contributed by atoms with Crippen molar-refractivity contribution < 1.29 is 4.79 Å². The quantitative estimate of drug-likeness (QED) is 0.690. The molecule has 0 saturated heterocycles. The molecule has 1 aliphatic carbocycles. The molecule has 0 atom stereocenters. The van der Waals surface area contributed by atoms with E-state index < -0.39 is 0 Å². The van der Waals surface area contributed by atoms with Crippen LogP contribution in [0.25, 0.3) is 0 Å². The van der Waals surface area contributed by atoms with Crippen LogP contribution in [-0.4, -0.2) is 56.0 Å².